The first-order chi connectivity index (χ1) is 12.8. The van der Waals surface area contributed by atoms with Crippen LogP contribution in [-0.2, 0) is 13.0 Å². The molecule has 6 heteroatoms. The van der Waals surface area contributed by atoms with Crippen molar-refractivity contribution in [2.24, 2.45) is 4.99 Å². The van der Waals surface area contributed by atoms with Crippen LogP contribution in [0.4, 0.5) is 0 Å². The van der Waals surface area contributed by atoms with Gasteiger partial charge in [0.05, 0.1) is 0 Å². The number of nitrogens with zero attached hydrogens (tertiary/aromatic N) is 3. The maximum absolute atomic E-state index is 5.80. The molecular formula is C20H24ClN5. The van der Waals surface area contributed by atoms with Crippen molar-refractivity contribution >= 4 is 28.5 Å². The summed E-state index contributed by atoms with van der Waals surface area (Å²) in [7, 11) is 1.79. The summed E-state index contributed by atoms with van der Waals surface area (Å²) in [5.41, 5.74) is 2.43. The van der Waals surface area contributed by atoms with Crippen molar-refractivity contribution in [1.82, 2.24) is 20.2 Å². The topological polar surface area (TPSA) is 54.2 Å². The zero-order valence-corrected chi connectivity index (χ0v) is 15.7. The van der Waals surface area contributed by atoms with Gasteiger partial charge < -0.3 is 15.2 Å². The first-order valence-electron chi connectivity index (χ1n) is 8.85. The lowest BCUT2D eigenvalue weighted by atomic mass is 10.2. The van der Waals surface area contributed by atoms with E-state index in [1.165, 1.54) is 10.9 Å². The average molecular weight is 370 g/mol. The third-order valence-corrected chi connectivity index (χ3v) is 4.49. The van der Waals surface area contributed by atoms with Crippen molar-refractivity contribution in [2.75, 3.05) is 20.1 Å². The van der Waals surface area contributed by atoms with Crippen molar-refractivity contribution in [2.45, 2.75) is 19.4 Å². The molecule has 0 aliphatic rings. The van der Waals surface area contributed by atoms with Crippen LogP contribution in [0, 0.1) is 0 Å². The van der Waals surface area contributed by atoms with Crippen molar-refractivity contribution in [3.05, 3.63) is 65.6 Å². The molecule has 0 aliphatic heterocycles. The molecule has 0 radical (unpaired) electrons. The van der Waals surface area contributed by atoms with E-state index in [9.17, 15) is 0 Å². The summed E-state index contributed by atoms with van der Waals surface area (Å²) >= 11 is 5.80. The number of aryl methyl sites for hydroxylation is 1. The van der Waals surface area contributed by atoms with Crippen LogP contribution in [0.3, 0.4) is 0 Å². The predicted molar refractivity (Wildman–Crippen MR) is 109 cm³/mol. The second-order valence-corrected chi connectivity index (χ2v) is 6.47. The molecule has 0 fully saturated rings. The third-order valence-electron chi connectivity index (χ3n) is 4.27. The van der Waals surface area contributed by atoms with Crippen LogP contribution in [-0.4, -0.2) is 35.6 Å². The number of nitrogens with one attached hydrogen (secondary N) is 2. The molecule has 2 heterocycles. The Bertz CT molecular complexity index is 854. The van der Waals surface area contributed by atoms with E-state index in [0.29, 0.717) is 5.15 Å². The number of hydrogen-bond donors (Lipinski definition) is 2. The number of hydrogen-bond acceptors (Lipinski definition) is 2. The lowest BCUT2D eigenvalue weighted by Gasteiger charge is -2.12. The van der Waals surface area contributed by atoms with E-state index in [1.807, 2.05) is 18.3 Å². The van der Waals surface area contributed by atoms with Crippen LogP contribution in [0.5, 0.6) is 0 Å². The van der Waals surface area contributed by atoms with Gasteiger partial charge in [0.2, 0.25) is 0 Å². The fraction of sp³-hybridized carbons (Fsp3) is 0.300. The van der Waals surface area contributed by atoms with Crippen LogP contribution in [0.25, 0.3) is 10.9 Å². The molecule has 3 rings (SSSR count). The van der Waals surface area contributed by atoms with Gasteiger partial charge in [-0.1, -0.05) is 35.9 Å². The van der Waals surface area contributed by atoms with Crippen molar-refractivity contribution in [3.8, 4) is 0 Å². The summed E-state index contributed by atoms with van der Waals surface area (Å²) in [6.45, 7) is 2.65. The Hall–Kier alpha value is -2.53. The van der Waals surface area contributed by atoms with Gasteiger partial charge in [-0.15, -0.1) is 0 Å². The zero-order valence-electron chi connectivity index (χ0n) is 15.0. The van der Waals surface area contributed by atoms with Crippen LogP contribution in [0.1, 0.15) is 12.0 Å². The minimum atomic E-state index is 0.523. The molecule has 0 unspecified atom stereocenters. The van der Waals surface area contributed by atoms with Gasteiger partial charge in [-0.3, -0.25) is 4.99 Å². The summed E-state index contributed by atoms with van der Waals surface area (Å²) < 4.78 is 2.29. The van der Waals surface area contributed by atoms with Crippen LogP contribution < -0.4 is 10.6 Å². The Balaban J connectivity index is 1.38. The molecule has 26 heavy (non-hydrogen) atoms. The zero-order chi connectivity index (χ0) is 18.2. The third kappa shape index (κ3) is 4.99. The van der Waals surface area contributed by atoms with E-state index in [4.69, 9.17) is 11.6 Å². The molecule has 5 nitrogen and oxygen atoms in total. The standard InChI is InChI=1S/C20H24ClN5/c1-22-20(24-12-9-16-7-8-19(21)25-15-16)23-11-4-13-26-14-10-17-5-2-3-6-18(17)26/h2-3,5-8,10,14-15H,4,9,11-13H2,1H3,(H2,22,23,24). The highest BCUT2D eigenvalue weighted by Gasteiger charge is 2.01. The molecule has 2 aromatic heterocycles. The Kier molecular flexibility index (Phi) is 6.50. The molecule has 0 bridgehead atoms. The van der Waals surface area contributed by atoms with Gasteiger partial charge in [0, 0.05) is 44.6 Å². The molecule has 2 N–H and O–H groups in total. The highest BCUT2D eigenvalue weighted by Crippen LogP contribution is 2.15. The fourth-order valence-electron chi connectivity index (χ4n) is 2.89. The van der Waals surface area contributed by atoms with Gasteiger partial charge in [0.1, 0.15) is 5.15 Å². The van der Waals surface area contributed by atoms with Gasteiger partial charge >= 0.3 is 0 Å². The molecule has 1 aromatic carbocycles. The van der Waals surface area contributed by atoms with E-state index < -0.39 is 0 Å². The maximum Gasteiger partial charge on any atom is 0.190 e. The van der Waals surface area contributed by atoms with Crippen molar-refractivity contribution < 1.29 is 0 Å². The Morgan fingerprint density at radius 1 is 1.12 bits per heavy atom. The number of para-hydroxylation sites is 1. The molecule has 3 aromatic rings. The van der Waals surface area contributed by atoms with E-state index >= 15 is 0 Å². The Morgan fingerprint density at radius 2 is 1.96 bits per heavy atom. The number of guanidine groups is 1. The molecular weight excluding hydrogens is 346 g/mol. The SMILES string of the molecule is CN=C(NCCCn1ccc2ccccc21)NCCc1ccc(Cl)nc1. The van der Waals surface area contributed by atoms with Crippen molar-refractivity contribution in [3.63, 3.8) is 0 Å². The number of fused-ring (bicyclic) bond motifs is 1. The summed E-state index contributed by atoms with van der Waals surface area (Å²) in [4.78, 5) is 8.36. The van der Waals surface area contributed by atoms with Gasteiger partial charge in [0.15, 0.2) is 5.96 Å². The average Bonchev–Trinajstić information content (AvgIpc) is 3.08. The second-order valence-electron chi connectivity index (χ2n) is 6.09. The predicted octanol–water partition coefficient (Wildman–Crippen LogP) is 3.49. The molecule has 0 saturated heterocycles. The molecule has 0 amide bonds. The van der Waals surface area contributed by atoms with E-state index in [0.717, 1.165) is 44.0 Å². The fourth-order valence-corrected chi connectivity index (χ4v) is 3.00. The van der Waals surface area contributed by atoms with Gasteiger partial charge in [-0.05, 0) is 42.0 Å². The monoisotopic (exact) mass is 369 g/mol. The normalized spacial score (nSPS) is 11.7. The highest BCUT2D eigenvalue weighted by molar-refractivity contribution is 6.29. The Labute approximate surface area is 159 Å². The summed E-state index contributed by atoms with van der Waals surface area (Å²) in [5.74, 6) is 0.823. The minimum Gasteiger partial charge on any atom is -0.356 e. The molecule has 0 spiro atoms. The minimum absolute atomic E-state index is 0.523. The summed E-state index contributed by atoms with van der Waals surface area (Å²) in [5, 5.41) is 8.50. The number of aliphatic imine (C=N–C) groups is 1. The first-order valence-corrected chi connectivity index (χ1v) is 9.23. The number of halogens is 1. The summed E-state index contributed by atoms with van der Waals surface area (Å²) in [6.07, 6.45) is 5.86. The lowest BCUT2D eigenvalue weighted by molar-refractivity contribution is 0.640. The number of pyridine rings is 1. The Morgan fingerprint density at radius 3 is 2.77 bits per heavy atom. The number of benzene rings is 1. The van der Waals surface area contributed by atoms with Gasteiger partial charge in [-0.2, -0.15) is 0 Å². The first kappa shape index (κ1) is 18.3. The van der Waals surface area contributed by atoms with E-state index in [-0.39, 0.29) is 0 Å². The summed E-state index contributed by atoms with van der Waals surface area (Å²) in [6, 6.07) is 14.4. The molecule has 0 saturated carbocycles. The number of rotatable bonds is 7. The van der Waals surface area contributed by atoms with Crippen LogP contribution >= 0.6 is 11.6 Å². The van der Waals surface area contributed by atoms with E-state index in [1.54, 1.807) is 7.05 Å². The van der Waals surface area contributed by atoms with Gasteiger partial charge in [0.25, 0.3) is 0 Å². The maximum atomic E-state index is 5.80. The highest BCUT2D eigenvalue weighted by atomic mass is 35.5. The molecule has 0 atom stereocenters. The molecule has 136 valence electrons. The van der Waals surface area contributed by atoms with Crippen LogP contribution in [0.2, 0.25) is 5.15 Å². The van der Waals surface area contributed by atoms with Crippen LogP contribution in [0.15, 0.2) is 59.9 Å². The largest absolute Gasteiger partial charge is 0.356 e. The lowest BCUT2D eigenvalue weighted by Crippen LogP contribution is -2.39. The number of aromatic nitrogens is 2. The smallest absolute Gasteiger partial charge is 0.190 e. The second kappa shape index (κ2) is 9.25. The van der Waals surface area contributed by atoms with Crippen molar-refractivity contribution in [1.29, 1.82) is 0 Å². The molecule has 0 aliphatic carbocycles. The van der Waals surface area contributed by atoms with E-state index in [2.05, 4.69) is 61.7 Å². The quantitative estimate of drug-likeness (QED) is 0.290. The van der Waals surface area contributed by atoms with Gasteiger partial charge in [-0.25, -0.2) is 4.98 Å².